The van der Waals surface area contributed by atoms with Crippen LogP contribution in [0.1, 0.15) is 32.1 Å². The van der Waals surface area contributed by atoms with Crippen LogP contribution in [-0.2, 0) is 11.8 Å². The van der Waals surface area contributed by atoms with Gasteiger partial charge in [0.2, 0.25) is 0 Å². The van der Waals surface area contributed by atoms with E-state index in [2.05, 4.69) is 30.4 Å². The van der Waals surface area contributed by atoms with E-state index in [0.29, 0.717) is 0 Å². The van der Waals surface area contributed by atoms with E-state index in [0.717, 1.165) is 5.25 Å². The third-order valence-electron chi connectivity index (χ3n) is 2.55. The zero-order valence-corrected chi connectivity index (χ0v) is 8.84. The Hall–Kier alpha value is -0.430. The van der Waals surface area contributed by atoms with Crippen molar-refractivity contribution in [2.45, 2.75) is 37.4 Å². The van der Waals surface area contributed by atoms with Crippen LogP contribution in [0.2, 0.25) is 0 Å². The van der Waals surface area contributed by atoms with Crippen molar-refractivity contribution in [2.24, 2.45) is 0 Å². The molecule has 2 aliphatic carbocycles. The molecule has 0 aromatic heterocycles. The van der Waals surface area contributed by atoms with Crippen LogP contribution in [0.5, 0.6) is 0 Å². The van der Waals surface area contributed by atoms with E-state index in [4.69, 9.17) is 0 Å². The molecule has 2 aliphatic rings. The molecule has 0 saturated heterocycles. The number of thiol groups is 1. The Morgan fingerprint density at radius 1 is 1.23 bits per heavy atom. The highest BCUT2D eigenvalue weighted by molar-refractivity contribution is 7.83. The zero-order chi connectivity index (χ0) is 8.93. The number of rotatable bonds is 2. The third-order valence-corrected chi connectivity index (χ3v) is 4.02. The van der Waals surface area contributed by atoms with Crippen LogP contribution in [-0.4, -0.2) is 5.25 Å². The molecule has 1 unspecified atom stereocenters. The molecule has 0 N–H and O–H groups in total. The second-order valence-corrected chi connectivity index (χ2v) is 5.18. The van der Waals surface area contributed by atoms with Crippen LogP contribution >= 0.6 is 0 Å². The molecule has 0 heterocycles. The Morgan fingerprint density at radius 2 is 2.23 bits per heavy atom. The van der Waals surface area contributed by atoms with Crippen molar-refractivity contribution in [2.75, 3.05) is 0 Å². The number of hydrogen-bond donors (Lipinski definition) is 0. The molecule has 0 spiro atoms. The molecule has 1 heteroatoms. The lowest BCUT2D eigenvalue weighted by Gasteiger charge is -2.11. The van der Waals surface area contributed by atoms with Crippen molar-refractivity contribution in [3.63, 3.8) is 0 Å². The van der Waals surface area contributed by atoms with Crippen molar-refractivity contribution >= 4 is 11.8 Å². The van der Waals surface area contributed by atoms with Crippen LogP contribution in [0.25, 0.3) is 0 Å². The van der Waals surface area contributed by atoms with Crippen molar-refractivity contribution in [1.29, 1.82) is 0 Å². The summed E-state index contributed by atoms with van der Waals surface area (Å²) >= 11 is 1.56. The first kappa shape index (κ1) is 9.14. The zero-order valence-electron chi connectivity index (χ0n) is 7.95. The minimum absolute atomic E-state index is 0.812. The Bertz CT molecular complexity index is 248. The van der Waals surface area contributed by atoms with Gasteiger partial charge in [-0.3, -0.25) is 0 Å². The van der Waals surface area contributed by atoms with Gasteiger partial charge in [0.1, 0.15) is 10.2 Å². The lowest BCUT2D eigenvalue weighted by Crippen LogP contribution is -2.11. The fourth-order valence-corrected chi connectivity index (χ4v) is 3.19. The van der Waals surface area contributed by atoms with Crippen molar-refractivity contribution in [3.05, 3.63) is 35.3 Å². The molecule has 0 saturated carbocycles. The van der Waals surface area contributed by atoms with Gasteiger partial charge in [0.05, 0.1) is 0 Å². The lowest BCUT2D eigenvalue weighted by molar-refractivity contribution is 0.740. The lowest BCUT2D eigenvalue weighted by atomic mass is 10.1. The van der Waals surface area contributed by atoms with E-state index < -0.39 is 0 Å². The van der Waals surface area contributed by atoms with Gasteiger partial charge in [-0.25, -0.2) is 0 Å². The molecule has 0 amide bonds. The number of allylic oxidation sites excluding steroid dienone is 5. The minimum Gasteiger partial charge on any atom is -0.0839 e. The summed E-state index contributed by atoms with van der Waals surface area (Å²) in [5.74, 6) is 0. The van der Waals surface area contributed by atoms with E-state index in [1.807, 2.05) is 0 Å². The molecule has 0 aliphatic heterocycles. The Kier molecular flexibility index (Phi) is 3.31. The largest absolute Gasteiger partial charge is 0.139 e. The normalized spacial score (nSPS) is 27.4. The summed E-state index contributed by atoms with van der Waals surface area (Å²) in [6.45, 7) is 0. The van der Waals surface area contributed by atoms with Crippen molar-refractivity contribution in [3.8, 4) is 0 Å². The van der Waals surface area contributed by atoms with E-state index in [1.54, 1.807) is 16.7 Å². The molecule has 0 fully saturated rings. The van der Waals surface area contributed by atoms with Gasteiger partial charge < -0.3 is 0 Å². The second-order valence-electron chi connectivity index (χ2n) is 3.68. The summed E-state index contributed by atoms with van der Waals surface area (Å²) in [7, 11) is 0. The highest BCUT2D eigenvalue weighted by atomic mass is 32.2. The molecule has 70 valence electrons. The predicted octanol–water partition coefficient (Wildman–Crippen LogP) is 3.14. The second kappa shape index (κ2) is 4.71. The van der Waals surface area contributed by atoms with Gasteiger partial charge in [-0.15, -0.1) is 0 Å². The topological polar surface area (TPSA) is 0 Å². The molecule has 2 rings (SSSR count). The molecule has 0 bridgehead atoms. The van der Waals surface area contributed by atoms with Gasteiger partial charge in [-0.05, 0) is 37.8 Å². The molecule has 0 aromatic rings. The molecular formula is C12H17S+. The summed E-state index contributed by atoms with van der Waals surface area (Å²) in [4.78, 5) is 1.62. The van der Waals surface area contributed by atoms with Gasteiger partial charge in [0.25, 0.3) is 0 Å². The average Bonchev–Trinajstić information content (AvgIpc) is 2.21. The molecule has 0 nitrogen and oxygen atoms in total. The van der Waals surface area contributed by atoms with Gasteiger partial charge in [0.15, 0.2) is 0 Å². The number of hydrogen-bond acceptors (Lipinski definition) is 0. The highest BCUT2D eigenvalue weighted by Crippen LogP contribution is 2.21. The fraction of sp³-hybridized carbons (Fsp3) is 0.500. The summed E-state index contributed by atoms with van der Waals surface area (Å²) < 4.78 is 0. The Labute approximate surface area is 84.8 Å². The van der Waals surface area contributed by atoms with Crippen LogP contribution in [0, 0.1) is 0 Å². The van der Waals surface area contributed by atoms with Crippen LogP contribution < -0.4 is 0 Å². The quantitative estimate of drug-likeness (QED) is 0.359. The maximum absolute atomic E-state index is 2.41. The maximum Gasteiger partial charge on any atom is 0.139 e. The molecular weight excluding hydrogens is 176 g/mol. The minimum atomic E-state index is 0.812. The summed E-state index contributed by atoms with van der Waals surface area (Å²) in [5, 5.41) is 0.812. The van der Waals surface area contributed by atoms with Crippen LogP contribution in [0.4, 0.5) is 0 Å². The standard InChI is InChI=1S/C12H16S/c1-3-7-11(8-4-1)13-12-9-5-2-6-10-12/h1,3,5,7,9,12H,2,4,6,8,10H2/p+1. The fourth-order valence-electron chi connectivity index (χ4n) is 1.81. The van der Waals surface area contributed by atoms with E-state index >= 15 is 0 Å². The van der Waals surface area contributed by atoms with Gasteiger partial charge in [-0.1, -0.05) is 18.2 Å². The maximum atomic E-state index is 2.41. The van der Waals surface area contributed by atoms with E-state index in [1.165, 1.54) is 32.1 Å². The molecule has 0 aromatic carbocycles. The summed E-state index contributed by atoms with van der Waals surface area (Å²) in [6.07, 6.45) is 18.1. The first-order chi connectivity index (χ1) is 6.45. The monoisotopic (exact) mass is 193 g/mol. The molecule has 13 heavy (non-hydrogen) atoms. The SMILES string of the molecule is C1=CCCC([SH+]C2C=CCCC2)=C1. The van der Waals surface area contributed by atoms with Gasteiger partial charge in [0, 0.05) is 18.2 Å². The van der Waals surface area contributed by atoms with E-state index in [9.17, 15) is 0 Å². The predicted molar refractivity (Wildman–Crippen MR) is 62.0 cm³/mol. The van der Waals surface area contributed by atoms with Crippen LogP contribution in [0.15, 0.2) is 35.3 Å². The highest BCUT2D eigenvalue weighted by Gasteiger charge is 2.19. The Morgan fingerprint density at radius 3 is 2.92 bits per heavy atom. The summed E-state index contributed by atoms with van der Waals surface area (Å²) in [5.41, 5.74) is 0. The van der Waals surface area contributed by atoms with Gasteiger partial charge in [-0.2, -0.15) is 0 Å². The average molecular weight is 193 g/mol. The van der Waals surface area contributed by atoms with Crippen molar-refractivity contribution in [1.82, 2.24) is 0 Å². The first-order valence-corrected chi connectivity index (χ1v) is 6.15. The third kappa shape index (κ3) is 2.77. The smallest absolute Gasteiger partial charge is 0.0839 e. The molecule has 0 radical (unpaired) electrons. The van der Waals surface area contributed by atoms with Crippen molar-refractivity contribution < 1.29 is 0 Å². The summed E-state index contributed by atoms with van der Waals surface area (Å²) in [6, 6.07) is 0. The Balaban J connectivity index is 1.89. The van der Waals surface area contributed by atoms with E-state index in [-0.39, 0.29) is 0 Å². The van der Waals surface area contributed by atoms with Gasteiger partial charge >= 0.3 is 0 Å². The van der Waals surface area contributed by atoms with Crippen LogP contribution in [0.3, 0.4) is 0 Å². The first-order valence-electron chi connectivity index (χ1n) is 5.18. The molecule has 1 atom stereocenters.